The van der Waals surface area contributed by atoms with E-state index in [1.807, 2.05) is 5.38 Å². The molecule has 1 N–H and O–H groups in total. The van der Waals surface area contributed by atoms with Crippen molar-refractivity contribution >= 4 is 23.2 Å². The zero-order chi connectivity index (χ0) is 17.5. The van der Waals surface area contributed by atoms with E-state index in [0.29, 0.717) is 13.0 Å². The number of carbonyl (C=O) groups is 2. The van der Waals surface area contributed by atoms with E-state index in [-0.39, 0.29) is 24.2 Å². The van der Waals surface area contributed by atoms with Crippen molar-refractivity contribution in [3.05, 3.63) is 41.2 Å². The number of hydrogen-bond donors (Lipinski definition) is 1. The predicted molar refractivity (Wildman–Crippen MR) is 90.0 cm³/mol. The van der Waals surface area contributed by atoms with Gasteiger partial charge in [-0.1, -0.05) is 13.8 Å². The molecule has 0 saturated heterocycles. The number of carbonyl (C=O) groups excluding carboxylic acids is 2. The van der Waals surface area contributed by atoms with Crippen molar-refractivity contribution in [3.8, 4) is 10.6 Å². The first kappa shape index (κ1) is 18.1. The minimum absolute atomic E-state index is 0.252. The summed E-state index contributed by atoms with van der Waals surface area (Å²) in [7, 11) is 0. The topological polar surface area (TPSA) is 68.3 Å². The Kier molecular flexibility index (Phi) is 6.43. The van der Waals surface area contributed by atoms with E-state index in [1.54, 1.807) is 26.0 Å². The smallest absolute Gasteiger partial charge is 0.308 e. The third kappa shape index (κ3) is 5.42. The van der Waals surface area contributed by atoms with Gasteiger partial charge in [-0.3, -0.25) is 9.59 Å². The maximum atomic E-state index is 12.9. The number of thiazole rings is 1. The second-order valence-electron chi connectivity index (χ2n) is 5.51. The van der Waals surface area contributed by atoms with Gasteiger partial charge in [0, 0.05) is 23.9 Å². The molecule has 1 heterocycles. The number of ether oxygens (including phenoxy) is 1. The molecule has 0 saturated carbocycles. The van der Waals surface area contributed by atoms with Crippen LogP contribution in [0.5, 0.6) is 0 Å². The molecule has 24 heavy (non-hydrogen) atoms. The van der Waals surface area contributed by atoms with Crippen molar-refractivity contribution in [3.63, 3.8) is 0 Å². The summed E-state index contributed by atoms with van der Waals surface area (Å²) in [5.41, 5.74) is 1.70. The Morgan fingerprint density at radius 1 is 1.29 bits per heavy atom. The molecule has 0 atom stereocenters. The van der Waals surface area contributed by atoms with Gasteiger partial charge in [0.05, 0.1) is 11.6 Å². The molecule has 1 amide bonds. The lowest BCUT2D eigenvalue weighted by Gasteiger charge is -2.07. The summed E-state index contributed by atoms with van der Waals surface area (Å²) in [5.74, 6) is -1.26. The van der Waals surface area contributed by atoms with Gasteiger partial charge in [0.25, 0.3) is 5.91 Å². The van der Waals surface area contributed by atoms with E-state index in [2.05, 4.69) is 10.3 Å². The van der Waals surface area contributed by atoms with E-state index in [9.17, 15) is 14.0 Å². The average molecular weight is 350 g/mol. The van der Waals surface area contributed by atoms with Crippen LogP contribution in [0.25, 0.3) is 10.6 Å². The van der Waals surface area contributed by atoms with Crippen LogP contribution in [-0.4, -0.2) is 30.0 Å². The zero-order valence-corrected chi connectivity index (χ0v) is 14.4. The van der Waals surface area contributed by atoms with Gasteiger partial charge in [-0.2, -0.15) is 0 Å². The lowest BCUT2D eigenvalue weighted by atomic mass is 10.2. The van der Waals surface area contributed by atoms with Crippen LogP contribution in [-0.2, 0) is 20.7 Å². The molecule has 0 unspecified atom stereocenters. The lowest BCUT2D eigenvalue weighted by molar-refractivity contribution is -0.151. The molecule has 7 heteroatoms. The molecule has 0 spiro atoms. The highest BCUT2D eigenvalue weighted by atomic mass is 32.1. The largest absolute Gasteiger partial charge is 0.455 e. The number of benzene rings is 1. The van der Waals surface area contributed by atoms with Gasteiger partial charge in [0.2, 0.25) is 0 Å². The van der Waals surface area contributed by atoms with Crippen LogP contribution in [0.2, 0.25) is 0 Å². The number of aromatic nitrogens is 1. The Hall–Kier alpha value is -2.28. The second-order valence-corrected chi connectivity index (χ2v) is 6.37. The third-order valence-electron chi connectivity index (χ3n) is 3.16. The fourth-order valence-corrected chi connectivity index (χ4v) is 2.69. The van der Waals surface area contributed by atoms with E-state index in [0.717, 1.165) is 16.3 Å². The molecule has 0 aliphatic rings. The van der Waals surface area contributed by atoms with Gasteiger partial charge in [-0.25, -0.2) is 9.37 Å². The molecular formula is C17H19FN2O3S. The van der Waals surface area contributed by atoms with Gasteiger partial charge in [0.1, 0.15) is 10.8 Å². The summed E-state index contributed by atoms with van der Waals surface area (Å²) in [6, 6.07) is 6.16. The fraction of sp³-hybridized carbons (Fsp3) is 0.353. The molecule has 2 rings (SSSR count). The number of esters is 1. The van der Waals surface area contributed by atoms with Crippen LogP contribution in [0.4, 0.5) is 4.39 Å². The second kappa shape index (κ2) is 8.54. The first-order chi connectivity index (χ1) is 11.5. The van der Waals surface area contributed by atoms with Crippen molar-refractivity contribution in [2.45, 2.75) is 20.3 Å². The van der Waals surface area contributed by atoms with Gasteiger partial charge >= 0.3 is 5.97 Å². The summed E-state index contributed by atoms with van der Waals surface area (Å²) in [6.07, 6.45) is 0.571. The predicted octanol–water partition coefficient (Wildman–Crippen LogP) is 2.81. The number of nitrogens with zero attached hydrogens (tertiary/aromatic N) is 1. The molecule has 128 valence electrons. The molecule has 0 aliphatic heterocycles. The summed E-state index contributed by atoms with van der Waals surface area (Å²) in [6.45, 7) is 3.56. The van der Waals surface area contributed by atoms with Gasteiger partial charge in [0.15, 0.2) is 6.61 Å². The monoisotopic (exact) mass is 350 g/mol. The highest BCUT2D eigenvalue weighted by molar-refractivity contribution is 7.13. The molecular weight excluding hydrogens is 331 g/mol. The van der Waals surface area contributed by atoms with Crippen molar-refractivity contribution in [2.24, 2.45) is 5.92 Å². The van der Waals surface area contributed by atoms with Crippen molar-refractivity contribution in [1.29, 1.82) is 0 Å². The summed E-state index contributed by atoms with van der Waals surface area (Å²) in [5, 5.41) is 5.39. The Bertz CT molecular complexity index is 698. The van der Waals surface area contributed by atoms with Crippen LogP contribution in [0.1, 0.15) is 19.5 Å². The van der Waals surface area contributed by atoms with Crippen molar-refractivity contribution < 1.29 is 18.7 Å². The number of halogens is 1. The molecule has 0 radical (unpaired) electrons. The summed E-state index contributed by atoms with van der Waals surface area (Å²) in [4.78, 5) is 27.3. The van der Waals surface area contributed by atoms with Crippen molar-refractivity contribution in [2.75, 3.05) is 13.2 Å². The van der Waals surface area contributed by atoms with Gasteiger partial charge in [-0.05, 0) is 24.3 Å². The van der Waals surface area contributed by atoms with Gasteiger partial charge < -0.3 is 10.1 Å². The first-order valence-corrected chi connectivity index (χ1v) is 8.47. The van der Waals surface area contributed by atoms with Crippen LogP contribution in [0.15, 0.2) is 29.6 Å². The minimum atomic E-state index is -0.395. The maximum Gasteiger partial charge on any atom is 0.308 e. The quantitative estimate of drug-likeness (QED) is 0.780. The number of hydrogen-bond acceptors (Lipinski definition) is 5. The SMILES string of the molecule is CC(C)C(=O)OCC(=O)NCCc1csc(-c2ccc(F)cc2)n1. The van der Waals surface area contributed by atoms with Crippen molar-refractivity contribution in [1.82, 2.24) is 10.3 Å². The molecule has 2 aromatic rings. The molecule has 5 nitrogen and oxygen atoms in total. The Balaban J connectivity index is 1.76. The molecule has 1 aromatic heterocycles. The van der Waals surface area contributed by atoms with E-state index >= 15 is 0 Å². The fourth-order valence-electron chi connectivity index (χ4n) is 1.83. The van der Waals surface area contributed by atoms with E-state index in [4.69, 9.17) is 4.74 Å². The number of nitrogens with one attached hydrogen (secondary N) is 1. The number of amides is 1. The summed E-state index contributed by atoms with van der Waals surface area (Å²) < 4.78 is 17.8. The van der Waals surface area contributed by atoms with E-state index < -0.39 is 5.97 Å². The molecule has 0 fully saturated rings. The highest BCUT2D eigenvalue weighted by Gasteiger charge is 2.11. The zero-order valence-electron chi connectivity index (χ0n) is 13.5. The standard InChI is InChI=1S/C17H19FN2O3S/c1-11(2)17(22)23-9-15(21)19-8-7-14-10-24-16(20-14)12-3-5-13(18)6-4-12/h3-6,10-11H,7-9H2,1-2H3,(H,19,21). The molecule has 0 bridgehead atoms. The first-order valence-electron chi connectivity index (χ1n) is 7.59. The lowest BCUT2D eigenvalue weighted by Crippen LogP contribution is -2.31. The van der Waals surface area contributed by atoms with E-state index in [1.165, 1.54) is 23.5 Å². The Morgan fingerprint density at radius 3 is 2.67 bits per heavy atom. The van der Waals surface area contributed by atoms with Gasteiger partial charge in [-0.15, -0.1) is 11.3 Å². The Labute approximate surface area is 143 Å². The highest BCUT2D eigenvalue weighted by Crippen LogP contribution is 2.23. The molecule has 0 aliphatic carbocycles. The number of rotatable bonds is 7. The summed E-state index contributed by atoms with van der Waals surface area (Å²) >= 11 is 1.47. The van der Waals surface area contributed by atoms with Crippen LogP contribution in [0.3, 0.4) is 0 Å². The van der Waals surface area contributed by atoms with Crippen LogP contribution < -0.4 is 5.32 Å². The Morgan fingerprint density at radius 2 is 2.00 bits per heavy atom. The molecule has 1 aromatic carbocycles. The normalized spacial score (nSPS) is 10.7. The van der Waals surface area contributed by atoms with Crippen LogP contribution in [0, 0.1) is 11.7 Å². The minimum Gasteiger partial charge on any atom is -0.455 e. The third-order valence-corrected chi connectivity index (χ3v) is 4.10. The average Bonchev–Trinajstić information content (AvgIpc) is 3.02. The maximum absolute atomic E-state index is 12.9. The van der Waals surface area contributed by atoms with Crippen LogP contribution >= 0.6 is 11.3 Å².